The molecular formula is C24H28N2O4. The number of esters is 1. The molecule has 3 rings (SSSR count). The number of carbonyl (C=O) groups is 2. The summed E-state index contributed by atoms with van der Waals surface area (Å²) in [7, 11) is 1.60. The number of methoxy groups -OCH3 is 1. The number of benzene rings is 2. The summed E-state index contributed by atoms with van der Waals surface area (Å²) in [5, 5.41) is 0. The van der Waals surface area contributed by atoms with E-state index in [2.05, 4.69) is 0 Å². The Morgan fingerprint density at radius 3 is 2.53 bits per heavy atom. The first kappa shape index (κ1) is 21.6. The summed E-state index contributed by atoms with van der Waals surface area (Å²) < 4.78 is 10.6. The quantitative estimate of drug-likeness (QED) is 0.653. The van der Waals surface area contributed by atoms with Crippen LogP contribution in [0.3, 0.4) is 0 Å². The fourth-order valence-electron chi connectivity index (χ4n) is 3.53. The second kappa shape index (κ2) is 9.57. The number of carbonyl (C=O) groups excluding carboxylic acids is 2. The maximum Gasteiger partial charge on any atom is 0.326 e. The SMILES string of the molecule is CCOC(=O)CN1C(=O)C(C(C)CC)N=C(c2ccccc2)c2cc(OC)ccc21. The van der Waals surface area contributed by atoms with E-state index >= 15 is 0 Å². The van der Waals surface area contributed by atoms with Crippen LogP contribution in [0.1, 0.15) is 38.3 Å². The number of anilines is 1. The zero-order valence-corrected chi connectivity index (χ0v) is 17.9. The zero-order chi connectivity index (χ0) is 21.7. The van der Waals surface area contributed by atoms with E-state index in [0.717, 1.165) is 23.3 Å². The van der Waals surface area contributed by atoms with Crippen molar-refractivity contribution in [3.63, 3.8) is 0 Å². The lowest BCUT2D eigenvalue weighted by Crippen LogP contribution is -2.43. The van der Waals surface area contributed by atoms with Gasteiger partial charge < -0.3 is 9.47 Å². The van der Waals surface area contributed by atoms with Crippen molar-refractivity contribution in [1.82, 2.24) is 0 Å². The van der Waals surface area contributed by atoms with Crippen LogP contribution in [0.25, 0.3) is 0 Å². The van der Waals surface area contributed by atoms with Crippen LogP contribution in [-0.4, -0.2) is 43.9 Å². The largest absolute Gasteiger partial charge is 0.497 e. The molecule has 0 fully saturated rings. The van der Waals surface area contributed by atoms with Crippen molar-refractivity contribution in [1.29, 1.82) is 0 Å². The van der Waals surface area contributed by atoms with Crippen LogP contribution in [0.15, 0.2) is 53.5 Å². The Hall–Kier alpha value is -3.15. The number of aliphatic imine (C=N–C) groups is 1. The van der Waals surface area contributed by atoms with Crippen molar-refractivity contribution in [3.05, 3.63) is 59.7 Å². The summed E-state index contributed by atoms with van der Waals surface area (Å²) in [5.74, 6) is 0.0217. The number of rotatable bonds is 7. The topological polar surface area (TPSA) is 68.2 Å². The zero-order valence-electron chi connectivity index (χ0n) is 17.9. The average Bonchev–Trinajstić information content (AvgIpc) is 2.88. The van der Waals surface area contributed by atoms with Gasteiger partial charge in [0.2, 0.25) is 0 Å². The molecule has 0 radical (unpaired) electrons. The van der Waals surface area contributed by atoms with Crippen LogP contribution >= 0.6 is 0 Å². The number of fused-ring (bicyclic) bond motifs is 1. The van der Waals surface area contributed by atoms with Crippen LogP contribution in [0.4, 0.5) is 5.69 Å². The van der Waals surface area contributed by atoms with Gasteiger partial charge in [-0.25, -0.2) is 0 Å². The van der Waals surface area contributed by atoms with E-state index in [1.807, 2.05) is 56.3 Å². The standard InChI is InChI=1S/C24H28N2O4/c1-5-16(3)22-24(28)26(15-21(27)30-6-2)20-13-12-18(29-4)14-19(20)23(25-22)17-10-8-7-9-11-17/h7-14,16,22H,5-6,15H2,1-4H3. The van der Waals surface area contributed by atoms with Gasteiger partial charge in [-0.3, -0.25) is 19.5 Å². The van der Waals surface area contributed by atoms with E-state index in [1.54, 1.807) is 20.1 Å². The molecule has 1 aliphatic rings. The Kier molecular flexibility index (Phi) is 6.87. The molecule has 2 aromatic rings. The van der Waals surface area contributed by atoms with E-state index in [0.29, 0.717) is 11.4 Å². The average molecular weight is 408 g/mol. The third-order valence-corrected chi connectivity index (χ3v) is 5.36. The van der Waals surface area contributed by atoms with Crippen molar-refractivity contribution < 1.29 is 19.1 Å². The highest BCUT2D eigenvalue weighted by Crippen LogP contribution is 2.33. The van der Waals surface area contributed by atoms with Crippen molar-refractivity contribution in [3.8, 4) is 5.75 Å². The van der Waals surface area contributed by atoms with Gasteiger partial charge in [0.25, 0.3) is 5.91 Å². The molecule has 6 nitrogen and oxygen atoms in total. The molecule has 6 heteroatoms. The van der Waals surface area contributed by atoms with Gasteiger partial charge in [0.15, 0.2) is 0 Å². The monoisotopic (exact) mass is 408 g/mol. The Bertz CT molecular complexity index is 939. The summed E-state index contributed by atoms with van der Waals surface area (Å²) in [6.45, 7) is 5.90. The number of ether oxygens (including phenoxy) is 2. The molecule has 0 bridgehead atoms. The Balaban J connectivity index is 2.23. The molecule has 0 aromatic heterocycles. The first-order valence-electron chi connectivity index (χ1n) is 10.3. The van der Waals surface area contributed by atoms with Gasteiger partial charge >= 0.3 is 5.97 Å². The molecule has 0 spiro atoms. The second-order valence-electron chi connectivity index (χ2n) is 7.29. The van der Waals surface area contributed by atoms with Crippen molar-refractivity contribution in [2.45, 2.75) is 33.2 Å². The minimum Gasteiger partial charge on any atom is -0.497 e. The Morgan fingerprint density at radius 2 is 1.90 bits per heavy atom. The molecule has 0 N–H and O–H groups in total. The van der Waals surface area contributed by atoms with Gasteiger partial charge in [-0.05, 0) is 31.0 Å². The number of hydrogen-bond donors (Lipinski definition) is 0. The molecular weight excluding hydrogens is 380 g/mol. The molecule has 1 heterocycles. The van der Waals surface area contributed by atoms with Crippen LogP contribution in [0.2, 0.25) is 0 Å². The smallest absolute Gasteiger partial charge is 0.326 e. The number of benzodiazepines with no additional fused rings is 1. The number of hydrogen-bond acceptors (Lipinski definition) is 5. The third kappa shape index (κ3) is 4.37. The minimum atomic E-state index is -0.599. The van der Waals surface area contributed by atoms with E-state index in [-0.39, 0.29) is 25.0 Å². The summed E-state index contributed by atoms with van der Waals surface area (Å²) in [5.41, 5.74) is 3.01. The lowest BCUT2D eigenvalue weighted by atomic mass is 9.98. The van der Waals surface area contributed by atoms with Crippen LogP contribution < -0.4 is 9.64 Å². The van der Waals surface area contributed by atoms with Gasteiger partial charge in [0, 0.05) is 11.1 Å². The molecule has 1 amide bonds. The molecule has 0 aliphatic carbocycles. The Morgan fingerprint density at radius 1 is 1.17 bits per heavy atom. The molecule has 30 heavy (non-hydrogen) atoms. The molecule has 0 saturated carbocycles. The molecule has 2 unspecified atom stereocenters. The normalized spacial score (nSPS) is 16.9. The first-order chi connectivity index (χ1) is 14.5. The molecule has 1 aliphatic heterocycles. The van der Waals surface area contributed by atoms with E-state index < -0.39 is 12.0 Å². The van der Waals surface area contributed by atoms with Crippen LogP contribution in [-0.2, 0) is 14.3 Å². The maximum atomic E-state index is 13.6. The maximum absolute atomic E-state index is 13.6. The lowest BCUT2D eigenvalue weighted by Gasteiger charge is -2.26. The van der Waals surface area contributed by atoms with E-state index in [4.69, 9.17) is 14.5 Å². The fourth-order valence-corrected chi connectivity index (χ4v) is 3.53. The van der Waals surface area contributed by atoms with E-state index in [9.17, 15) is 9.59 Å². The van der Waals surface area contributed by atoms with E-state index in [1.165, 1.54) is 4.90 Å². The van der Waals surface area contributed by atoms with Gasteiger partial charge in [-0.15, -0.1) is 0 Å². The predicted octanol–water partition coefficient (Wildman–Crippen LogP) is 3.86. The molecule has 2 atom stereocenters. The molecule has 2 aromatic carbocycles. The highest BCUT2D eigenvalue weighted by molar-refractivity contribution is 6.20. The van der Waals surface area contributed by atoms with Crippen molar-refractivity contribution in [2.24, 2.45) is 10.9 Å². The Labute approximate surface area is 177 Å². The van der Waals surface area contributed by atoms with Gasteiger partial charge in [0.1, 0.15) is 18.3 Å². The highest BCUT2D eigenvalue weighted by Gasteiger charge is 2.36. The summed E-state index contributed by atoms with van der Waals surface area (Å²) >= 11 is 0. The highest BCUT2D eigenvalue weighted by atomic mass is 16.5. The summed E-state index contributed by atoms with van der Waals surface area (Å²) in [6, 6.07) is 14.6. The summed E-state index contributed by atoms with van der Waals surface area (Å²) in [6.07, 6.45) is 0.787. The third-order valence-electron chi connectivity index (χ3n) is 5.36. The van der Waals surface area contributed by atoms with Gasteiger partial charge in [-0.2, -0.15) is 0 Å². The number of nitrogens with zero attached hydrogens (tertiary/aromatic N) is 2. The van der Waals surface area contributed by atoms with Crippen LogP contribution in [0, 0.1) is 5.92 Å². The molecule has 0 saturated heterocycles. The minimum absolute atomic E-state index is 0.0112. The van der Waals surface area contributed by atoms with Crippen molar-refractivity contribution in [2.75, 3.05) is 25.2 Å². The lowest BCUT2D eigenvalue weighted by molar-refractivity contribution is -0.142. The predicted molar refractivity (Wildman–Crippen MR) is 117 cm³/mol. The van der Waals surface area contributed by atoms with Crippen LogP contribution in [0.5, 0.6) is 5.75 Å². The molecule has 158 valence electrons. The summed E-state index contributed by atoms with van der Waals surface area (Å²) in [4.78, 5) is 32.3. The fraction of sp³-hybridized carbons (Fsp3) is 0.375. The first-order valence-corrected chi connectivity index (χ1v) is 10.3. The van der Waals surface area contributed by atoms with Gasteiger partial charge in [0.05, 0.1) is 25.1 Å². The van der Waals surface area contributed by atoms with Gasteiger partial charge in [-0.1, -0.05) is 50.6 Å². The second-order valence-corrected chi connectivity index (χ2v) is 7.29. The number of amides is 1. The van der Waals surface area contributed by atoms with Crippen molar-refractivity contribution >= 4 is 23.3 Å².